The molecule has 0 aliphatic heterocycles. The largest absolute Gasteiger partial charge is 0.506 e. The highest BCUT2D eigenvalue weighted by atomic mass is 79.9. The van der Waals surface area contributed by atoms with E-state index in [0.29, 0.717) is 10.0 Å². The molecule has 13 heavy (non-hydrogen) atoms. The van der Waals surface area contributed by atoms with Gasteiger partial charge in [0.2, 0.25) is 0 Å². The van der Waals surface area contributed by atoms with Gasteiger partial charge in [-0.25, -0.2) is 0 Å². The van der Waals surface area contributed by atoms with E-state index < -0.39 is 0 Å². The van der Waals surface area contributed by atoms with Gasteiger partial charge >= 0.3 is 0 Å². The lowest BCUT2D eigenvalue weighted by atomic mass is 10.0. The fourth-order valence-corrected chi connectivity index (χ4v) is 1.70. The van der Waals surface area contributed by atoms with Crippen LogP contribution in [0.2, 0.25) is 0 Å². The van der Waals surface area contributed by atoms with Crippen molar-refractivity contribution < 1.29 is 9.90 Å². The Kier molecular flexibility index (Phi) is 2.76. The molecule has 0 atom stereocenters. The van der Waals surface area contributed by atoms with E-state index in [0.717, 1.165) is 11.1 Å². The molecule has 0 radical (unpaired) electrons. The zero-order chi connectivity index (χ0) is 10.2. The van der Waals surface area contributed by atoms with E-state index in [2.05, 4.69) is 15.9 Å². The molecule has 0 heterocycles. The molecule has 0 aliphatic carbocycles. The second-order valence-electron chi connectivity index (χ2n) is 3.10. The molecule has 1 aromatic rings. The molecule has 0 amide bonds. The predicted octanol–water partition coefficient (Wildman–Crippen LogP) is 2.97. The van der Waals surface area contributed by atoms with Crippen molar-refractivity contribution in [2.75, 3.05) is 0 Å². The van der Waals surface area contributed by atoms with Crippen LogP contribution in [0.25, 0.3) is 0 Å². The molecule has 1 aromatic carbocycles. The lowest BCUT2D eigenvalue weighted by Crippen LogP contribution is -1.98. The van der Waals surface area contributed by atoms with Crippen molar-refractivity contribution >= 4 is 21.7 Å². The van der Waals surface area contributed by atoms with Gasteiger partial charge < -0.3 is 5.11 Å². The maximum atomic E-state index is 11.2. The summed E-state index contributed by atoms with van der Waals surface area (Å²) in [4.78, 5) is 11.2. The van der Waals surface area contributed by atoms with E-state index in [9.17, 15) is 9.90 Å². The minimum Gasteiger partial charge on any atom is -0.506 e. The standard InChI is InChI=1S/C10H11BrO2/c1-5-4-6(2)9(11)10(13)8(5)7(3)12/h4,13H,1-3H3. The second-order valence-corrected chi connectivity index (χ2v) is 3.90. The molecule has 1 N–H and O–H groups in total. The molecule has 2 nitrogen and oxygen atoms in total. The van der Waals surface area contributed by atoms with Crippen LogP contribution in [0.5, 0.6) is 5.75 Å². The number of benzene rings is 1. The number of hydrogen-bond donors (Lipinski definition) is 1. The number of rotatable bonds is 1. The van der Waals surface area contributed by atoms with Gasteiger partial charge in [0.15, 0.2) is 5.78 Å². The Balaban J connectivity index is 3.53. The summed E-state index contributed by atoms with van der Waals surface area (Å²) < 4.78 is 0.600. The first kappa shape index (κ1) is 10.3. The number of halogens is 1. The van der Waals surface area contributed by atoms with Gasteiger partial charge in [-0.1, -0.05) is 6.07 Å². The fourth-order valence-electron chi connectivity index (χ4n) is 1.39. The van der Waals surface area contributed by atoms with Gasteiger partial charge in [-0.2, -0.15) is 0 Å². The van der Waals surface area contributed by atoms with Crippen LogP contribution in [0.15, 0.2) is 10.5 Å². The molecule has 1 rings (SSSR count). The van der Waals surface area contributed by atoms with Crippen LogP contribution >= 0.6 is 15.9 Å². The van der Waals surface area contributed by atoms with Crippen molar-refractivity contribution in [1.29, 1.82) is 0 Å². The summed E-state index contributed by atoms with van der Waals surface area (Å²) in [5, 5.41) is 9.66. The van der Waals surface area contributed by atoms with Crippen LogP contribution in [0.3, 0.4) is 0 Å². The summed E-state index contributed by atoms with van der Waals surface area (Å²) >= 11 is 3.23. The number of phenols is 1. The Hall–Kier alpha value is -0.830. The van der Waals surface area contributed by atoms with Crippen LogP contribution in [0.1, 0.15) is 28.4 Å². The fraction of sp³-hybridized carbons (Fsp3) is 0.300. The van der Waals surface area contributed by atoms with Crippen LogP contribution in [0, 0.1) is 13.8 Å². The average Bonchev–Trinajstić information content (AvgIpc) is 1.99. The normalized spacial score (nSPS) is 10.2. The molecule has 0 unspecified atom stereocenters. The Morgan fingerprint density at radius 3 is 2.38 bits per heavy atom. The van der Waals surface area contributed by atoms with E-state index in [1.165, 1.54) is 6.92 Å². The highest BCUT2D eigenvalue weighted by Gasteiger charge is 2.14. The highest BCUT2D eigenvalue weighted by Crippen LogP contribution is 2.33. The zero-order valence-electron chi connectivity index (χ0n) is 7.81. The average molecular weight is 243 g/mol. The molecule has 0 bridgehead atoms. The lowest BCUT2D eigenvalue weighted by Gasteiger charge is -2.09. The molecule has 0 aliphatic rings. The van der Waals surface area contributed by atoms with Crippen molar-refractivity contribution in [3.05, 3.63) is 27.2 Å². The quantitative estimate of drug-likeness (QED) is 0.770. The Morgan fingerprint density at radius 1 is 1.38 bits per heavy atom. The number of hydrogen-bond acceptors (Lipinski definition) is 2. The van der Waals surface area contributed by atoms with E-state index >= 15 is 0 Å². The minimum atomic E-state index is -0.115. The monoisotopic (exact) mass is 242 g/mol. The maximum absolute atomic E-state index is 11.2. The van der Waals surface area contributed by atoms with Crippen LogP contribution in [0.4, 0.5) is 0 Å². The van der Waals surface area contributed by atoms with Gasteiger partial charge in [0.25, 0.3) is 0 Å². The van der Waals surface area contributed by atoms with E-state index in [4.69, 9.17) is 0 Å². The lowest BCUT2D eigenvalue weighted by molar-refractivity contribution is 0.101. The minimum absolute atomic E-state index is 0.0463. The number of phenolic OH excluding ortho intramolecular Hbond substituents is 1. The van der Waals surface area contributed by atoms with Gasteiger partial charge in [0.05, 0.1) is 10.0 Å². The Bertz CT molecular complexity index is 370. The first-order chi connectivity index (χ1) is 5.95. The molecule has 0 saturated heterocycles. The van der Waals surface area contributed by atoms with E-state index in [-0.39, 0.29) is 11.5 Å². The molecular formula is C10H11BrO2. The van der Waals surface area contributed by atoms with Crippen molar-refractivity contribution in [3.8, 4) is 5.75 Å². The van der Waals surface area contributed by atoms with Gasteiger partial charge in [-0.3, -0.25) is 4.79 Å². The molecule has 0 aromatic heterocycles. The number of aromatic hydroxyl groups is 1. The van der Waals surface area contributed by atoms with Crippen molar-refractivity contribution in [2.24, 2.45) is 0 Å². The molecule has 0 saturated carbocycles. The number of aryl methyl sites for hydroxylation is 2. The molecule has 3 heteroatoms. The second kappa shape index (κ2) is 3.50. The third kappa shape index (κ3) is 1.75. The summed E-state index contributed by atoms with van der Waals surface area (Å²) in [6.45, 7) is 5.14. The first-order valence-corrected chi connectivity index (χ1v) is 4.74. The number of Topliss-reactive ketones (excluding diaryl/α,β-unsaturated/α-hetero) is 1. The van der Waals surface area contributed by atoms with E-state index in [1.807, 2.05) is 19.9 Å². The van der Waals surface area contributed by atoms with Crippen molar-refractivity contribution in [3.63, 3.8) is 0 Å². The molecule has 0 fully saturated rings. The third-order valence-electron chi connectivity index (χ3n) is 1.97. The van der Waals surface area contributed by atoms with Crippen molar-refractivity contribution in [2.45, 2.75) is 20.8 Å². The van der Waals surface area contributed by atoms with Gasteiger partial charge in [-0.05, 0) is 47.8 Å². The van der Waals surface area contributed by atoms with Crippen LogP contribution in [-0.2, 0) is 0 Å². The van der Waals surface area contributed by atoms with E-state index in [1.54, 1.807) is 0 Å². The predicted molar refractivity (Wildman–Crippen MR) is 55.3 cm³/mol. The van der Waals surface area contributed by atoms with Gasteiger partial charge in [0.1, 0.15) is 5.75 Å². The zero-order valence-corrected chi connectivity index (χ0v) is 9.40. The first-order valence-electron chi connectivity index (χ1n) is 3.94. The smallest absolute Gasteiger partial charge is 0.163 e. The summed E-state index contributed by atoms with van der Waals surface area (Å²) in [5.74, 6) is -0.0688. The maximum Gasteiger partial charge on any atom is 0.163 e. The third-order valence-corrected chi connectivity index (χ3v) is 2.97. The molecule has 0 spiro atoms. The number of carbonyl (C=O) groups is 1. The summed E-state index contributed by atoms with van der Waals surface area (Å²) in [7, 11) is 0. The molecule has 70 valence electrons. The highest BCUT2D eigenvalue weighted by molar-refractivity contribution is 9.10. The Morgan fingerprint density at radius 2 is 1.92 bits per heavy atom. The summed E-state index contributed by atoms with van der Waals surface area (Å²) in [6, 6.07) is 1.88. The Labute approximate surface area is 85.7 Å². The SMILES string of the molecule is CC(=O)c1c(C)cc(C)c(Br)c1O. The van der Waals surface area contributed by atoms with Gasteiger partial charge in [-0.15, -0.1) is 0 Å². The number of ketones is 1. The molecular weight excluding hydrogens is 232 g/mol. The summed E-state index contributed by atoms with van der Waals surface area (Å²) in [5.41, 5.74) is 2.14. The van der Waals surface area contributed by atoms with Crippen LogP contribution < -0.4 is 0 Å². The number of carbonyl (C=O) groups excluding carboxylic acids is 1. The topological polar surface area (TPSA) is 37.3 Å². The summed E-state index contributed by atoms with van der Waals surface area (Å²) in [6.07, 6.45) is 0. The van der Waals surface area contributed by atoms with Crippen LogP contribution in [-0.4, -0.2) is 10.9 Å². The van der Waals surface area contributed by atoms with Gasteiger partial charge in [0, 0.05) is 0 Å². The van der Waals surface area contributed by atoms with Crippen molar-refractivity contribution in [1.82, 2.24) is 0 Å².